The lowest BCUT2D eigenvalue weighted by atomic mass is 10.1. The van der Waals surface area contributed by atoms with Gasteiger partial charge in [0.2, 0.25) is 0 Å². The highest BCUT2D eigenvalue weighted by Gasteiger charge is 2.24. The van der Waals surface area contributed by atoms with E-state index in [1.165, 1.54) is 0 Å². The van der Waals surface area contributed by atoms with Gasteiger partial charge < -0.3 is 10.2 Å². The van der Waals surface area contributed by atoms with E-state index in [0.717, 1.165) is 35.1 Å². The van der Waals surface area contributed by atoms with Crippen LogP contribution in [0.2, 0.25) is 0 Å². The van der Waals surface area contributed by atoms with E-state index in [1.54, 1.807) is 0 Å². The number of hydrogen-bond acceptors (Lipinski definition) is 4. The van der Waals surface area contributed by atoms with Gasteiger partial charge in [-0.3, -0.25) is 4.79 Å². The van der Waals surface area contributed by atoms with Gasteiger partial charge in [-0.25, -0.2) is 4.98 Å². The molecule has 0 radical (unpaired) electrons. The van der Waals surface area contributed by atoms with Crippen LogP contribution in [0, 0.1) is 6.92 Å². The minimum atomic E-state index is 0.116. The monoisotopic (exact) mass is 265 g/mol. The van der Waals surface area contributed by atoms with E-state index in [9.17, 15) is 4.79 Å². The first-order valence-electron chi connectivity index (χ1n) is 6.17. The predicted octanol–water partition coefficient (Wildman–Crippen LogP) is 2.01. The molecular weight excluding hydrogens is 246 g/mol. The average molecular weight is 265 g/mol. The van der Waals surface area contributed by atoms with Crippen molar-refractivity contribution in [3.05, 3.63) is 23.4 Å². The second-order valence-electron chi connectivity index (χ2n) is 4.55. The Morgan fingerprint density at radius 2 is 2.33 bits per heavy atom. The molecule has 4 nitrogen and oxygen atoms in total. The summed E-state index contributed by atoms with van der Waals surface area (Å²) >= 11 is 1.91. The third-order valence-corrected chi connectivity index (χ3v) is 4.27. The van der Waals surface area contributed by atoms with Crippen molar-refractivity contribution in [1.29, 1.82) is 0 Å². The van der Waals surface area contributed by atoms with Crippen LogP contribution in [-0.2, 0) is 0 Å². The number of aromatic nitrogens is 1. The zero-order chi connectivity index (χ0) is 13.1. The van der Waals surface area contributed by atoms with Crippen molar-refractivity contribution in [1.82, 2.24) is 9.88 Å². The van der Waals surface area contributed by atoms with Crippen molar-refractivity contribution >= 4 is 23.5 Å². The molecule has 2 heterocycles. The molecule has 1 fully saturated rings. The second kappa shape index (κ2) is 5.61. The fourth-order valence-electron chi connectivity index (χ4n) is 2.11. The molecule has 1 saturated heterocycles. The molecule has 1 aliphatic heterocycles. The number of nitrogens with zero attached hydrogens (tertiary/aromatic N) is 2. The van der Waals surface area contributed by atoms with Crippen molar-refractivity contribution in [2.45, 2.75) is 19.9 Å². The summed E-state index contributed by atoms with van der Waals surface area (Å²) in [7, 11) is 1.82. The van der Waals surface area contributed by atoms with Gasteiger partial charge in [0.25, 0.3) is 5.91 Å². The maximum Gasteiger partial charge on any atom is 0.254 e. The number of nitrogens with one attached hydrogen (secondary N) is 1. The molecule has 18 heavy (non-hydrogen) atoms. The SMILES string of the molecule is CNc1cc(C(=O)N2CCSCC2C)cc(C)n1. The lowest BCUT2D eigenvalue weighted by Crippen LogP contribution is -2.44. The minimum absolute atomic E-state index is 0.116. The van der Waals surface area contributed by atoms with Crippen LogP contribution in [0.5, 0.6) is 0 Å². The fraction of sp³-hybridized carbons (Fsp3) is 0.538. The van der Waals surface area contributed by atoms with E-state index in [0.29, 0.717) is 6.04 Å². The number of carbonyl (C=O) groups is 1. The first-order chi connectivity index (χ1) is 8.61. The smallest absolute Gasteiger partial charge is 0.254 e. The van der Waals surface area contributed by atoms with Gasteiger partial charge in [0.15, 0.2) is 0 Å². The minimum Gasteiger partial charge on any atom is -0.373 e. The molecule has 2 rings (SSSR count). The first kappa shape index (κ1) is 13.2. The highest BCUT2D eigenvalue weighted by Crippen LogP contribution is 2.20. The van der Waals surface area contributed by atoms with Crippen molar-refractivity contribution in [2.75, 3.05) is 30.4 Å². The van der Waals surface area contributed by atoms with Gasteiger partial charge in [0.05, 0.1) is 0 Å². The van der Waals surface area contributed by atoms with Crippen molar-refractivity contribution < 1.29 is 4.79 Å². The maximum atomic E-state index is 12.5. The van der Waals surface area contributed by atoms with Crippen LogP contribution in [0.15, 0.2) is 12.1 Å². The molecule has 98 valence electrons. The van der Waals surface area contributed by atoms with Crippen molar-refractivity contribution in [3.8, 4) is 0 Å². The van der Waals surface area contributed by atoms with Gasteiger partial charge in [-0.15, -0.1) is 0 Å². The zero-order valence-corrected chi connectivity index (χ0v) is 11.9. The number of pyridine rings is 1. The molecule has 1 aromatic rings. The summed E-state index contributed by atoms with van der Waals surface area (Å²) < 4.78 is 0. The van der Waals surface area contributed by atoms with Crippen LogP contribution in [-0.4, -0.2) is 46.9 Å². The van der Waals surface area contributed by atoms with E-state index in [-0.39, 0.29) is 5.91 Å². The summed E-state index contributed by atoms with van der Waals surface area (Å²) in [6.07, 6.45) is 0. The van der Waals surface area contributed by atoms with Gasteiger partial charge in [0.1, 0.15) is 5.82 Å². The Morgan fingerprint density at radius 3 is 3.00 bits per heavy atom. The summed E-state index contributed by atoms with van der Waals surface area (Å²) in [6, 6.07) is 3.99. The molecule has 1 atom stereocenters. The quantitative estimate of drug-likeness (QED) is 0.888. The highest BCUT2D eigenvalue weighted by atomic mass is 32.2. The van der Waals surface area contributed by atoms with Crippen molar-refractivity contribution in [3.63, 3.8) is 0 Å². The number of anilines is 1. The van der Waals surface area contributed by atoms with E-state index in [4.69, 9.17) is 0 Å². The molecule has 1 unspecified atom stereocenters. The summed E-state index contributed by atoms with van der Waals surface area (Å²) in [5.74, 6) is 2.91. The Bertz CT molecular complexity index is 450. The molecule has 1 N–H and O–H groups in total. The number of rotatable bonds is 2. The number of amides is 1. The molecule has 1 aromatic heterocycles. The number of thioether (sulfide) groups is 1. The summed E-state index contributed by atoms with van der Waals surface area (Å²) in [5, 5.41) is 2.99. The van der Waals surface area contributed by atoms with Crippen LogP contribution >= 0.6 is 11.8 Å². The highest BCUT2D eigenvalue weighted by molar-refractivity contribution is 7.99. The summed E-state index contributed by atoms with van der Waals surface area (Å²) in [5.41, 5.74) is 1.59. The molecule has 0 aliphatic carbocycles. The third-order valence-electron chi connectivity index (χ3n) is 3.09. The molecule has 1 aliphatic rings. The lowest BCUT2D eigenvalue weighted by molar-refractivity contribution is 0.0716. The number of hydrogen-bond donors (Lipinski definition) is 1. The van der Waals surface area contributed by atoms with E-state index in [1.807, 2.05) is 42.8 Å². The number of carbonyl (C=O) groups excluding carboxylic acids is 1. The van der Waals surface area contributed by atoms with E-state index < -0.39 is 0 Å². The molecule has 0 aromatic carbocycles. The topological polar surface area (TPSA) is 45.2 Å². The Balaban J connectivity index is 2.24. The Kier molecular flexibility index (Phi) is 4.11. The molecular formula is C13H19N3OS. The van der Waals surface area contributed by atoms with Crippen LogP contribution in [0.4, 0.5) is 5.82 Å². The zero-order valence-electron chi connectivity index (χ0n) is 11.1. The summed E-state index contributed by atoms with van der Waals surface area (Å²) in [4.78, 5) is 18.8. The maximum absolute atomic E-state index is 12.5. The normalized spacial score (nSPS) is 19.7. The van der Waals surface area contributed by atoms with Crippen molar-refractivity contribution in [2.24, 2.45) is 0 Å². The fourth-order valence-corrected chi connectivity index (χ4v) is 3.13. The standard InChI is InChI=1S/C13H19N3OS/c1-9-6-11(7-12(14-3)15-9)13(17)16-4-5-18-8-10(16)2/h6-7,10H,4-5,8H2,1-3H3,(H,14,15). The second-order valence-corrected chi connectivity index (χ2v) is 5.70. The summed E-state index contributed by atoms with van der Waals surface area (Å²) in [6.45, 7) is 4.85. The molecule has 0 bridgehead atoms. The molecule has 0 saturated carbocycles. The Labute approximate surface area is 112 Å². The Hall–Kier alpha value is -1.23. The van der Waals surface area contributed by atoms with Gasteiger partial charge in [-0.05, 0) is 26.0 Å². The van der Waals surface area contributed by atoms with Gasteiger partial charge in [0, 0.05) is 42.4 Å². The van der Waals surface area contributed by atoms with E-state index in [2.05, 4.69) is 17.2 Å². The number of aryl methyl sites for hydroxylation is 1. The Morgan fingerprint density at radius 1 is 1.56 bits per heavy atom. The average Bonchev–Trinajstić information content (AvgIpc) is 2.37. The lowest BCUT2D eigenvalue weighted by Gasteiger charge is -2.33. The third kappa shape index (κ3) is 2.77. The molecule has 1 amide bonds. The largest absolute Gasteiger partial charge is 0.373 e. The van der Waals surface area contributed by atoms with Crippen LogP contribution in [0.25, 0.3) is 0 Å². The van der Waals surface area contributed by atoms with Gasteiger partial charge in [-0.2, -0.15) is 11.8 Å². The van der Waals surface area contributed by atoms with E-state index >= 15 is 0 Å². The van der Waals surface area contributed by atoms with Crippen LogP contribution in [0.1, 0.15) is 23.0 Å². The first-order valence-corrected chi connectivity index (χ1v) is 7.32. The molecule has 0 spiro atoms. The van der Waals surface area contributed by atoms with Gasteiger partial charge >= 0.3 is 0 Å². The van der Waals surface area contributed by atoms with Crippen LogP contribution < -0.4 is 5.32 Å². The van der Waals surface area contributed by atoms with Gasteiger partial charge in [-0.1, -0.05) is 0 Å². The predicted molar refractivity (Wildman–Crippen MR) is 76.3 cm³/mol. The molecule has 5 heteroatoms. The van der Waals surface area contributed by atoms with Crippen LogP contribution in [0.3, 0.4) is 0 Å².